The lowest BCUT2D eigenvalue weighted by molar-refractivity contribution is -0.143. The molecule has 1 saturated heterocycles. The number of hydrogen-bond donors (Lipinski definition) is 5. The molecule has 0 bridgehead atoms. The third kappa shape index (κ3) is 5.40. The van der Waals surface area contributed by atoms with Gasteiger partial charge in [-0.2, -0.15) is 4.98 Å². The van der Waals surface area contributed by atoms with Crippen LogP contribution in [0.1, 0.15) is 17.8 Å². The number of methoxy groups -OCH3 is 1. The summed E-state index contributed by atoms with van der Waals surface area (Å²) in [6, 6.07) is 8.08. The van der Waals surface area contributed by atoms with E-state index in [1.165, 1.54) is 12.3 Å². The van der Waals surface area contributed by atoms with Crippen LogP contribution in [0.15, 0.2) is 47.4 Å². The summed E-state index contributed by atoms with van der Waals surface area (Å²) in [7, 11) is -3.48. The van der Waals surface area contributed by atoms with Gasteiger partial charge >= 0.3 is 19.4 Å². The zero-order valence-corrected chi connectivity index (χ0v) is 17.7. The van der Waals surface area contributed by atoms with Crippen molar-refractivity contribution >= 4 is 19.5 Å². The van der Waals surface area contributed by atoms with Crippen molar-refractivity contribution in [3.05, 3.63) is 58.6 Å². The van der Waals surface area contributed by atoms with E-state index in [1.54, 1.807) is 30.3 Å². The number of carbonyl (C=O) groups excluding carboxylic acids is 1. The molecule has 32 heavy (non-hydrogen) atoms. The molecule has 2 unspecified atom stereocenters. The van der Waals surface area contributed by atoms with Crippen LogP contribution in [0.5, 0.6) is 0 Å². The SMILES string of the molecule is COC(=O)[C@@H](NP(=O)(O)OC[C@H]1OC(n2ccc(N)nc2=O)[C@@H](O)[C@@H]1O)c1ccccc1. The molecule has 0 aliphatic carbocycles. The minimum atomic E-state index is -4.61. The highest BCUT2D eigenvalue weighted by Gasteiger charge is 2.45. The topological polar surface area (TPSA) is 195 Å². The first-order valence-electron chi connectivity index (χ1n) is 9.37. The molecule has 1 aliphatic heterocycles. The first-order chi connectivity index (χ1) is 15.1. The van der Waals surface area contributed by atoms with Crippen LogP contribution in [0.3, 0.4) is 0 Å². The summed E-state index contributed by atoms with van der Waals surface area (Å²) in [5, 5.41) is 22.7. The number of nitrogens with zero attached hydrogens (tertiary/aromatic N) is 2. The molecule has 2 aromatic rings. The molecule has 0 saturated carbocycles. The van der Waals surface area contributed by atoms with E-state index >= 15 is 0 Å². The molecule has 174 valence electrons. The summed E-state index contributed by atoms with van der Waals surface area (Å²) in [6.07, 6.45) is -4.46. The summed E-state index contributed by atoms with van der Waals surface area (Å²) < 4.78 is 28.6. The van der Waals surface area contributed by atoms with E-state index in [0.29, 0.717) is 5.56 Å². The Morgan fingerprint density at radius 1 is 1.31 bits per heavy atom. The van der Waals surface area contributed by atoms with E-state index < -0.39 is 56.6 Å². The van der Waals surface area contributed by atoms with Crippen molar-refractivity contribution in [3.8, 4) is 0 Å². The second kappa shape index (κ2) is 9.88. The number of hydrogen-bond acceptors (Lipinski definition) is 10. The monoisotopic (exact) mass is 470 g/mol. The Labute approximate surface area is 182 Å². The highest BCUT2D eigenvalue weighted by Crippen LogP contribution is 2.42. The van der Waals surface area contributed by atoms with Crippen LogP contribution < -0.4 is 16.5 Å². The Kier molecular flexibility index (Phi) is 7.41. The van der Waals surface area contributed by atoms with E-state index in [4.69, 9.17) is 15.0 Å². The number of nitrogen functional groups attached to an aromatic ring is 1. The van der Waals surface area contributed by atoms with E-state index in [-0.39, 0.29) is 5.82 Å². The largest absolute Gasteiger partial charge is 0.468 e. The molecule has 14 heteroatoms. The molecular formula is C18H23N4O9P. The van der Waals surface area contributed by atoms with Crippen LogP contribution in [-0.2, 0) is 23.4 Å². The van der Waals surface area contributed by atoms with Crippen LogP contribution in [0, 0.1) is 0 Å². The number of nitrogens with two attached hydrogens (primary N) is 1. The third-order valence-electron chi connectivity index (χ3n) is 4.74. The number of rotatable bonds is 8. The van der Waals surface area contributed by atoms with Crippen molar-refractivity contribution < 1.29 is 38.5 Å². The molecule has 0 amide bonds. The molecule has 1 aromatic heterocycles. The maximum Gasteiger partial charge on any atom is 0.404 e. The Balaban J connectivity index is 1.68. The Bertz CT molecular complexity index is 1050. The number of aromatic nitrogens is 2. The number of aliphatic hydroxyl groups excluding tert-OH is 2. The van der Waals surface area contributed by atoms with Crippen molar-refractivity contribution in [3.63, 3.8) is 0 Å². The molecule has 2 heterocycles. The van der Waals surface area contributed by atoms with E-state index in [2.05, 4.69) is 14.8 Å². The van der Waals surface area contributed by atoms with Gasteiger partial charge in [0, 0.05) is 6.20 Å². The molecule has 6 atom stereocenters. The molecule has 1 fully saturated rings. The number of carbonyl (C=O) groups is 1. The fourth-order valence-corrected chi connectivity index (χ4v) is 4.12. The van der Waals surface area contributed by atoms with Gasteiger partial charge in [0.1, 0.15) is 30.2 Å². The van der Waals surface area contributed by atoms with Crippen molar-refractivity contribution in [1.82, 2.24) is 14.6 Å². The van der Waals surface area contributed by atoms with E-state index in [9.17, 15) is 29.3 Å². The van der Waals surface area contributed by atoms with Crippen LogP contribution in [-0.4, -0.2) is 62.7 Å². The predicted molar refractivity (Wildman–Crippen MR) is 109 cm³/mol. The minimum Gasteiger partial charge on any atom is -0.468 e. The fourth-order valence-electron chi connectivity index (χ4n) is 3.12. The fraction of sp³-hybridized carbons (Fsp3) is 0.389. The van der Waals surface area contributed by atoms with E-state index in [0.717, 1.165) is 11.7 Å². The zero-order valence-electron chi connectivity index (χ0n) is 16.8. The first kappa shape index (κ1) is 24.0. The summed E-state index contributed by atoms with van der Waals surface area (Å²) in [5.41, 5.74) is 4.97. The second-order valence-electron chi connectivity index (χ2n) is 6.90. The van der Waals surface area contributed by atoms with Gasteiger partial charge in [0.05, 0.1) is 13.7 Å². The molecule has 6 N–H and O–H groups in total. The lowest BCUT2D eigenvalue weighted by atomic mass is 10.1. The van der Waals surface area contributed by atoms with Gasteiger partial charge in [-0.25, -0.2) is 19.2 Å². The lowest BCUT2D eigenvalue weighted by Crippen LogP contribution is -2.36. The van der Waals surface area contributed by atoms with Gasteiger partial charge in [-0.15, -0.1) is 0 Å². The molecule has 0 spiro atoms. The molecule has 1 aromatic carbocycles. The zero-order chi connectivity index (χ0) is 23.5. The number of benzene rings is 1. The first-order valence-corrected chi connectivity index (χ1v) is 10.9. The Morgan fingerprint density at radius 2 is 2.00 bits per heavy atom. The average Bonchev–Trinajstić information content (AvgIpc) is 3.05. The minimum absolute atomic E-state index is 0.0370. The Hall–Kier alpha value is -2.64. The summed E-state index contributed by atoms with van der Waals surface area (Å²) >= 11 is 0. The van der Waals surface area contributed by atoms with Crippen LogP contribution in [0.4, 0.5) is 5.82 Å². The Morgan fingerprint density at radius 3 is 2.62 bits per heavy atom. The maximum absolute atomic E-state index is 12.5. The average molecular weight is 470 g/mol. The van der Waals surface area contributed by atoms with Crippen LogP contribution >= 0.6 is 7.75 Å². The molecular weight excluding hydrogens is 447 g/mol. The predicted octanol–water partition coefficient (Wildman–Crippen LogP) is -0.934. The number of nitrogens with one attached hydrogen (secondary N) is 1. The summed E-state index contributed by atoms with van der Waals surface area (Å²) in [5.74, 6) is -0.859. The highest BCUT2D eigenvalue weighted by molar-refractivity contribution is 7.50. The lowest BCUT2D eigenvalue weighted by Gasteiger charge is -2.22. The highest BCUT2D eigenvalue weighted by atomic mass is 31.2. The van der Waals surface area contributed by atoms with Gasteiger partial charge in [-0.05, 0) is 11.6 Å². The number of anilines is 1. The quantitative estimate of drug-likeness (QED) is 0.235. The molecule has 0 radical (unpaired) electrons. The summed E-state index contributed by atoms with van der Waals surface area (Å²) in [6.45, 7) is -0.644. The van der Waals surface area contributed by atoms with Crippen molar-refractivity contribution in [2.45, 2.75) is 30.6 Å². The van der Waals surface area contributed by atoms with Crippen LogP contribution in [0.25, 0.3) is 0 Å². The molecule has 3 rings (SSSR count). The van der Waals surface area contributed by atoms with Crippen LogP contribution in [0.2, 0.25) is 0 Å². The normalized spacial score (nSPS) is 25.8. The smallest absolute Gasteiger partial charge is 0.404 e. The number of ether oxygens (including phenoxy) is 2. The van der Waals surface area contributed by atoms with E-state index in [1.807, 2.05) is 0 Å². The number of esters is 1. The van der Waals surface area contributed by atoms with Crippen molar-refractivity contribution in [2.75, 3.05) is 19.5 Å². The van der Waals surface area contributed by atoms with Gasteiger partial charge < -0.3 is 30.3 Å². The maximum atomic E-state index is 12.5. The standard InChI is InChI=1S/C18H23N4O9P/c1-29-17(25)13(10-5-3-2-4-6-10)21-32(27,28)30-9-11-14(23)15(24)16(31-11)22-8-7-12(19)20-18(22)26/h2-8,11,13-16,23-24H,9H2,1H3,(H2,19,20,26)(H2,21,27,28)/t11-,13+,14-,15+,16?/m1/s1. The van der Waals surface area contributed by atoms with Crippen molar-refractivity contribution in [1.29, 1.82) is 0 Å². The molecule has 13 nitrogen and oxygen atoms in total. The summed E-state index contributed by atoms with van der Waals surface area (Å²) in [4.78, 5) is 37.8. The van der Waals surface area contributed by atoms with Gasteiger partial charge in [0.15, 0.2) is 6.23 Å². The van der Waals surface area contributed by atoms with Crippen molar-refractivity contribution in [2.24, 2.45) is 0 Å². The van der Waals surface area contributed by atoms with Gasteiger partial charge in [-0.1, -0.05) is 30.3 Å². The molecule has 1 aliphatic rings. The third-order valence-corrected chi connectivity index (χ3v) is 5.82. The number of aliphatic hydroxyl groups is 2. The van der Waals surface area contributed by atoms with Gasteiger partial charge in [0.2, 0.25) is 0 Å². The van der Waals surface area contributed by atoms with Gasteiger partial charge in [-0.3, -0.25) is 9.09 Å². The second-order valence-corrected chi connectivity index (χ2v) is 8.46. The van der Waals surface area contributed by atoms with Gasteiger partial charge in [0.25, 0.3) is 0 Å².